The van der Waals surface area contributed by atoms with Gasteiger partial charge in [0.15, 0.2) is 0 Å². The van der Waals surface area contributed by atoms with E-state index in [2.05, 4.69) is 11.4 Å². The van der Waals surface area contributed by atoms with Crippen LogP contribution in [0.15, 0.2) is 18.2 Å². The average molecular weight is 206 g/mol. The molecule has 0 aliphatic heterocycles. The Kier molecular flexibility index (Phi) is 4.30. The van der Waals surface area contributed by atoms with E-state index in [0.29, 0.717) is 18.7 Å². The standard InChI is InChI=1S/C11H14N2O2/c1-14-9-4-5-10(11(8-9)15-2)13-7-3-6-12/h4-5,8,13H,3,7H2,1-2H3. The van der Waals surface area contributed by atoms with Crippen molar-refractivity contribution in [2.24, 2.45) is 0 Å². The molecular weight excluding hydrogens is 192 g/mol. The maximum atomic E-state index is 8.41. The Morgan fingerprint density at radius 1 is 1.33 bits per heavy atom. The number of rotatable bonds is 5. The van der Waals surface area contributed by atoms with E-state index in [9.17, 15) is 0 Å². The van der Waals surface area contributed by atoms with Crippen LogP contribution in [-0.4, -0.2) is 20.8 Å². The average Bonchev–Trinajstić information content (AvgIpc) is 2.29. The van der Waals surface area contributed by atoms with Crippen LogP contribution >= 0.6 is 0 Å². The second-order valence-corrected chi connectivity index (χ2v) is 2.90. The molecule has 0 spiro atoms. The van der Waals surface area contributed by atoms with E-state index in [0.717, 1.165) is 11.4 Å². The first-order valence-electron chi connectivity index (χ1n) is 4.64. The van der Waals surface area contributed by atoms with Crippen LogP contribution in [0.4, 0.5) is 5.69 Å². The van der Waals surface area contributed by atoms with Crippen LogP contribution in [-0.2, 0) is 0 Å². The molecule has 1 rings (SSSR count). The third-order valence-electron chi connectivity index (χ3n) is 1.96. The molecular formula is C11H14N2O2. The van der Waals surface area contributed by atoms with Crippen molar-refractivity contribution in [2.45, 2.75) is 6.42 Å². The second-order valence-electron chi connectivity index (χ2n) is 2.90. The number of nitrogens with zero attached hydrogens (tertiary/aromatic N) is 1. The van der Waals surface area contributed by atoms with Crippen molar-refractivity contribution in [2.75, 3.05) is 26.1 Å². The smallest absolute Gasteiger partial charge is 0.145 e. The highest BCUT2D eigenvalue weighted by Crippen LogP contribution is 2.28. The first-order chi connectivity index (χ1) is 7.31. The Hall–Kier alpha value is -1.89. The summed E-state index contributed by atoms with van der Waals surface area (Å²) in [7, 11) is 3.21. The zero-order valence-electron chi connectivity index (χ0n) is 8.91. The van der Waals surface area contributed by atoms with Crippen LogP contribution in [0.3, 0.4) is 0 Å². The molecule has 0 bridgehead atoms. The number of nitrogens with one attached hydrogen (secondary N) is 1. The van der Waals surface area contributed by atoms with Crippen LogP contribution in [0.2, 0.25) is 0 Å². The van der Waals surface area contributed by atoms with E-state index < -0.39 is 0 Å². The summed E-state index contributed by atoms with van der Waals surface area (Å²) in [5, 5.41) is 11.5. The van der Waals surface area contributed by atoms with Crippen LogP contribution in [0.1, 0.15) is 6.42 Å². The van der Waals surface area contributed by atoms with E-state index in [1.807, 2.05) is 12.1 Å². The molecule has 0 heterocycles. The molecule has 4 nitrogen and oxygen atoms in total. The van der Waals surface area contributed by atoms with E-state index >= 15 is 0 Å². The van der Waals surface area contributed by atoms with Crippen molar-refractivity contribution < 1.29 is 9.47 Å². The number of nitriles is 1. The summed E-state index contributed by atoms with van der Waals surface area (Å²) in [6, 6.07) is 7.58. The summed E-state index contributed by atoms with van der Waals surface area (Å²) in [6.07, 6.45) is 0.467. The van der Waals surface area contributed by atoms with Gasteiger partial charge in [-0.05, 0) is 12.1 Å². The van der Waals surface area contributed by atoms with Gasteiger partial charge < -0.3 is 14.8 Å². The number of benzene rings is 1. The molecule has 4 heteroatoms. The van der Waals surface area contributed by atoms with Gasteiger partial charge in [-0.15, -0.1) is 0 Å². The minimum atomic E-state index is 0.467. The number of ether oxygens (including phenoxy) is 2. The molecule has 0 saturated heterocycles. The Bertz CT molecular complexity index is 358. The summed E-state index contributed by atoms with van der Waals surface area (Å²) in [5.41, 5.74) is 0.869. The number of hydrogen-bond donors (Lipinski definition) is 1. The molecule has 0 atom stereocenters. The van der Waals surface area contributed by atoms with Gasteiger partial charge in [-0.1, -0.05) is 0 Å². The molecule has 1 aromatic carbocycles. The molecule has 80 valence electrons. The fraction of sp³-hybridized carbons (Fsp3) is 0.364. The van der Waals surface area contributed by atoms with E-state index in [1.165, 1.54) is 0 Å². The Morgan fingerprint density at radius 2 is 2.13 bits per heavy atom. The normalized spacial score (nSPS) is 9.13. The van der Waals surface area contributed by atoms with Gasteiger partial charge in [-0.2, -0.15) is 5.26 Å². The highest BCUT2D eigenvalue weighted by Gasteiger charge is 2.03. The monoisotopic (exact) mass is 206 g/mol. The molecule has 0 amide bonds. The molecule has 1 aromatic rings. The zero-order chi connectivity index (χ0) is 11.1. The highest BCUT2D eigenvalue weighted by atomic mass is 16.5. The molecule has 0 fully saturated rings. The number of anilines is 1. The van der Waals surface area contributed by atoms with Gasteiger partial charge in [0.25, 0.3) is 0 Å². The fourth-order valence-electron chi connectivity index (χ4n) is 1.20. The number of hydrogen-bond acceptors (Lipinski definition) is 4. The highest BCUT2D eigenvalue weighted by molar-refractivity contribution is 5.59. The lowest BCUT2D eigenvalue weighted by molar-refractivity contribution is 0.395. The van der Waals surface area contributed by atoms with Gasteiger partial charge in [0.2, 0.25) is 0 Å². The minimum absolute atomic E-state index is 0.467. The van der Waals surface area contributed by atoms with Crippen LogP contribution in [0, 0.1) is 11.3 Å². The molecule has 15 heavy (non-hydrogen) atoms. The molecule has 1 N–H and O–H groups in total. The van der Waals surface area contributed by atoms with E-state index in [1.54, 1.807) is 20.3 Å². The van der Waals surface area contributed by atoms with Gasteiger partial charge in [0, 0.05) is 12.6 Å². The van der Waals surface area contributed by atoms with Gasteiger partial charge in [-0.25, -0.2) is 0 Å². The van der Waals surface area contributed by atoms with Crippen LogP contribution in [0.25, 0.3) is 0 Å². The zero-order valence-corrected chi connectivity index (χ0v) is 8.91. The Morgan fingerprint density at radius 3 is 2.73 bits per heavy atom. The van der Waals surface area contributed by atoms with Gasteiger partial charge >= 0.3 is 0 Å². The first-order valence-corrected chi connectivity index (χ1v) is 4.64. The van der Waals surface area contributed by atoms with Crippen molar-refractivity contribution in [1.82, 2.24) is 0 Å². The van der Waals surface area contributed by atoms with Crippen molar-refractivity contribution in [3.63, 3.8) is 0 Å². The summed E-state index contributed by atoms with van der Waals surface area (Å²) in [5.74, 6) is 1.46. The largest absolute Gasteiger partial charge is 0.497 e. The Balaban J connectivity index is 2.74. The molecule has 0 radical (unpaired) electrons. The van der Waals surface area contributed by atoms with Crippen LogP contribution < -0.4 is 14.8 Å². The quantitative estimate of drug-likeness (QED) is 0.749. The second kappa shape index (κ2) is 5.76. The number of methoxy groups -OCH3 is 2. The fourth-order valence-corrected chi connectivity index (χ4v) is 1.20. The minimum Gasteiger partial charge on any atom is -0.497 e. The maximum absolute atomic E-state index is 8.41. The summed E-state index contributed by atoms with van der Waals surface area (Å²) in [4.78, 5) is 0. The molecule has 0 aliphatic rings. The lowest BCUT2D eigenvalue weighted by atomic mass is 10.2. The van der Waals surface area contributed by atoms with Crippen molar-refractivity contribution in [1.29, 1.82) is 5.26 Å². The Labute approximate surface area is 89.4 Å². The van der Waals surface area contributed by atoms with E-state index in [-0.39, 0.29) is 0 Å². The molecule has 0 aromatic heterocycles. The first kappa shape index (κ1) is 11.2. The van der Waals surface area contributed by atoms with Crippen molar-refractivity contribution in [3.05, 3.63) is 18.2 Å². The maximum Gasteiger partial charge on any atom is 0.145 e. The predicted molar refractivity (Wildman–Crippen MR) is 58.3 cm³/mol. The van der Waals surface area contributed by atoms with Gasteiger partial charge in [0.05, 0.1) is 32.4 Å². The SMILES string of the molecule is COc1ccc(NCCC#N)c(OC)c1. The summed E-state index contributed by atoms with van der Waals surface area (Å²) in [6.45, 7) is 0.610. The topological polar surface area (TPSA) is 54.3 Å². The van der Waals surface area contributed by atoms with Gasteiger partial charge in [0.1, 0.15) is 11.5 Å². The third-order valence-corrected chi connectivity index (χ3v) is 1.96. The molecule has 0 unspecified atom stereocenters. The van der Waals surface area contributed by atoms with Crippen molar-refractivity contribution >= 4 is 5.69 Å². The lowest BCUT2D eigenvalue weighted by Gasteiger charge is -2.11. The van der Waals surface area contributed by atoms with Crippen LogP contribution in [0.5, 0.6) is 11.5 Å². The van der Waals surface area contributed by atoms with Crippen molar-refractivity contribution in [3.8, 4) is 17.6 Å². The molecule has 0 aliphatic carbocycles. The third kappa shape index (κ3) is 3.06. The predicted octanol–water partition coefficient (Wildman–Crippen LogP) is 2.03. The summed E-state index contributed by atoms with van der Waals surface area (Å²) < 4.78 is 10.3. The lowest BCUT2D eigenvalue weighted by Crippen LogP contribution is -2.02. The van der Waals surface area contributed by atoms with Gasteiger partial charge in [-0.3, -0.25) is 0 Å². The molecule has 0 saturated carbocycles. The van der Waals surface area contributed by atoms with E-state index in [4.69, 9.17) is 14.7 Å². The summed E-state index contributed by atoms with van der Waals surface area (Å²) >= 11 is 0.